The van der Waals surface area contributed by atoms with E-state index in [-0.39, 0.29) is 17.5 Å². The van der Waals surface area contributed by atoms with Crippen molar-refractivity contribution in [3.63, 3.8) is 0 Å². The van der Waals surface area contributed by atoms with E-state index < -0.39 is 11.1 Å². The fourth-order valence-electron chi connectivity index (χ4n) is 0.803. The highest BCUT2D eigenvalue weighted by atomic mass is 35.5. The van der Waals surface area contributed by atoms with Crippen LogP contribution in [0.2, 0.25) is 5.02 Å². The Morgan fingerprint density at radius 2 is 2.40 bits per heavy atom. The van der Waals surface area contributed by atoms with E-state index in [0.717, 1.165) is 6.42 Å². The number of nitrogens with zero attached hydrogens (tertiary/aromatic N) is 1. The highest BCUT2D eigenvalue weighted by Crippen LogP contribution is 2.16. The molecule has 1 rings (SSSR count). The Balaban J connectivity index is 2.74. The van der Waals surface area contributed by atoms with E-state index in [1.165, 1.54) is 6.33 Å². The van der Waals surface area contributed by atoms with Gasteiger partial charge in [0, 0.05) is 5.54 Å². The Hall–Kier alpha value is -1.07. The van der Waals surface area contributed by atoms with Crippen LogP contribution in [0.15, 0.2) is 11.1 Å². The molecule has 0 saturated heterocycles. The minimum Gasteiger partial charge on any atom is -0.474 e. The Labute approximate surface area is 92.6 Å². The summed E-state index contributed by atoms with van der Waals surface area (Å²) in [5.74, 6) is 0.116. The van der Waals surface area contributed by atoms with Crippen molar-refractivity contribution < 1.29 is 4.74 Å². The summed E-state index contributed by atoms with van der Waals surface area (Å²) in [5.41, 5.74) is 5.00. The number of rotatable bonds is 4. The first-order valence-corrected chi connectivity index (χ1v) is 4.99. The van der Waals surface area contributed by atoms with Gasteiger partial charge in [0.15, 0.2) is 5.02 Å². The quantitative estimate of drug-likeness (QED) is 0.808. The van der Waals surface area contributed by atoms with Crippen molar-refractivity contribution >= 4 is 11.6 Å². The molecule has 0 saturated carbocycles. The fraction of sp³-hybridized carbons (Fsp3) is 0.556. The zero-order chi connectivity index (χ0) is 11.5. The molecule has 1 aromatic rings. The highest BCUT2D eigenvalue weighted by molar-refractivity contribution is 6.31. The molecule has 0 spiro atoms. The molecule has 0 amide bonds. The maximum Gasteiger partial charge on any atom is 0.273 e. The molecular formula is C9H14ClN3O2. The van der Waals surface area contributed by atoms with Crippen LogP contribution in [0.5, 0.6) is 5.88 Å². The maximum absolute atomic E-state index is 11.1. The van der Waals surface area contributed by atoms with E-state index in [0.29, 0.717) is 0 Å². The lowest BCUT2D eigenvalue weighted by molar-refractivity contribution is 0.218. The lowest BCUT2D eigenvalue weighted by atomic mass is 10.0. The summed E-state index contributed by atoms with van der Waals surface area (Å²) >= 11 is 5.69. The number of aromatic nitrogens is 2. The molecule has 1 heterocycles. The van der Waals surface area contributed by atoms with Gasteiger partial charge >= 0.3 is 0 Å². The van der Waals surface area contributed by atoms with E-state index in [4.69, 9.17) is 22.1 Å². The van der Waals surface area contributed by atoms with E-state index in [1.54, 1.807) is 0 Å². The van der Waals surface area contributed by atoms with Crippen molar-refractivity contribution in [1.82, 2.24) is 9.97 Å². The average molecular weight is 232 g/mol. The van der Waals surface area contributed by atoms with Gasteiger partial charge in [0.2, 0.25) is 5.88 Å². The van der Waals surface area contributed by atoms with Gasteiger partial charge in [-0.2, -0.15) is 0 Å². The predicted octanol–water partition coefficient (Wildman–Crippen LogP) is 0.929. The number of hydrogen-bond acceptors (Lipinski definition) is 4. The second kappa shape index (κ2) is 4.63. The summed E-state index contributed by atoms with van der Waals surface area (Å²) in [6, 6.07) is 0. The zero-order valence-electron chi connectivity index (χ0n) is 8.71. The van der Waals surface area contributed by atoms with Crippen molar-refractivity contribution in [2.75, 3.05) is 6.61 Å². The van der Waals surface area contributed by atoms with Crippen LogP contribution < -0.4 is 16.0 Å². The Bertz CT molecular complexity index is 389. The lowest BCUT2D eigenvalue weighted by Crippen LogP contribution is -2.41. The third-order valence-corrected chi connectivity index (χ3v) is 2.44. The third kappa shape index (κ3) is 3.21. The van der Waals surface area contributed by atoms with Crippen molar-refractivity contribution in [2.45, 2.75) is 25.8 Å². The van der Waals surface area contributed by atoms with Gasteiger partial charge in [-0.05, 0) is 13.3 Å². The van der Waals surface area contributed by atoms with Crippen LogP contribution in [0.3, 0.4) is 0 Å². The number of aromatic amines is 1. The highest BCUT2D eigenvalue weighted by Gasteiger charge is 2.18. The number of ether oxygens (including phenoxy) is 1. The second-order valence-corrected chi connectivity index (χ2v) is 4.03. The molecule has 0 aliphatic rings. The Kier molecular flexibility index (Phi) is 3.71. The summed E-state index contributed by atoms with van der Waals surface area (Å²) in [6.45, 7) is 4.07. The van der Waals surface area contributed by atoms with Gasteiger partial charge < -0.3 is 15.5 Å². The van der Waals surface area contributed by atoms with Crippen molar-refractivity contribution in [3.05, 3.63) is 21.7 Å². The van der Waals surface area contributed by atoms with Gasteiger partial charge in [-0.25, -0.2) is 4.98 Å². The number of nitrogens with two attached hydrogens (primary N) is 1. The lowest BCUT2D eigenvalue weighted by Gasteiger charge is -2.22. The van der Waals surface area contributed by atoms with Gasteiger partial charge in [-0.15, -0.1) is 0 Å². The standard InChI is InChI=1S/C9H14ClN3O2/c1-3-9(2,11)4-15-8-6(10)7(14)12-5-13-8/h5H,3-4,11H2,1-2H3,(H,12,13,14). The van der Waals surface area contributed by atoms with E-state index in [2.05, 4.69) is 9.97 Å². The first-order chi connectivity index (χ1) is 6.96. The van der Waals surface area contributed by atoms with Gasteiger partial charge in [-0.1, -0.05) is 18.5 Å². The SMILES string of the molecule is CCC(C)(N)COc1nc[nH]c(=O)c1Cl. The molecule has 1 atom stereocenters. The molecule has 15 heavy (non-hydrogen) atoms. The van der Waals surface area contributed by atoms with Gasteiger partial charge in [0.1, 0.15) is 6.61 Å². The molecule has 6 heteroatoms. The monoisotopic (exact) mass is 231 g/mol. The zero-order valence-corrected chi connectivity index (χ0v) is 9.47. The first-order valence-electron chi connectivity index (χ1n) is 4.61. The second-order valence-electron chi connectivity index (χ2n) is 3.65. The van der Waals surface area contributed by atoms with Crippen LogP contribution in [-0.2, 0) is 0 Å². The summed E-state index contributed by atoms with van der Waals surface area (Å²) < 4.78 is 5.29. The number of hydrogen-bond donors (Lipinski definition) is 2. The molecule has 84 valence electrons. The van der Waals surface area contributed by atoms with Crippen LogP contribution in [0.1, 0.15) is 20.3 Å². The smallest absolute Gasteiger partial charge is 0.273 e. The number of halogens is 1. The summed E-state index contributed by atoms with van der Waals surface area (Å²) in [7, 11) is 0. The molecule has 1 aromatic heterocycles. The normalized spacial score (nSPS) is 14.7. The van der Waals surface area contributed by atoms with Gasteiger partial charge in [0.25, 0.3) is 5.56 Å². The van der Waals surface area contributed by atoms with Crippen LogP contribution in [0.25, 0.3) is 0 Å². The molecule has 5 nitrogen and oxygen atoms in total. The molecule has 0 aliphatic heterocycles. The Morgan fingerprint density at radius 1 is 1.73 bits per heavy atom. The number of nitrogens with one attached hydrogen (secondary N) is 1. The molecular weight excluding hydrogens is 218 g/mol. The summed E-state index contributed by atoms with van der Waals surface area (Å²) in [4.78, 5) is 17.2. The number of H-pyrrole nitrogens is 1. The molecule has 1 unspecified atom stereocenters. The topological polar surface area (TPSA) is 81.0 Å². The predicted molar refractivity (Wildman–Crippen MR) is 58.2 cm³/mol. The van der Waals surface area contributed by atoms with Crippen LogP contribution in [0, 0.1) is 0 Å². The first kappa shape index (κ1) is 12.0. The van der Waals surface area contributed by atoms with E-state index in [9.17, 15) is 4.79 Å². The largest absolute Gasteiger partial charge is 0.474 e. The van der Waals surface area contributed by atoms with Crippen molar-refractivity contribution in [3.8, 4) is 5.88 Å². The molecule has 0 aliphatic carbocycles. The van der Waals surface area contributed by atoms with Crippen LogP contribution in [0.4, 0.5) is 0 Å². The molecule has 3 N–H and O–H groups in total. The van der Waals surface area contributed by atoms with Gasteiger partial charge in [0.05, 0.1) is 6.33 Å². The van der Waals surface area contributed by atoms with Crippen molar-refractivity contribution in [1.29, 1.82) is 0 Å². The van der Waals surface area contributed by atoms with Crippen molar-refractivity contribution in [2.24, 2.45) is 5.73 Å². The van der Waals surface area contributed by atoms with Gasteiger partial charge in [-0.3, -0.25) is 4.79 Å². The van der Waals surface area contributed by atoms with E-state index in [1.807, 2.05) is 13.8 Å². The molecule has 0 aromatic carbocycles. The minimum atomic E-state index is -0.451. The molecule has 0 radical (unpaired) electrons. The van der Waals surface area contributed by atoms with Crippen LogP contribution in [-0.4, -0.2) is 22.1 Å². The summed E-state index contributed by atoms with van der Waals surface area (Å²) in [6.07, 6.45) is 2.00. The Morgan fingerprint density at radius 3 is 3.00 bits per heavy atom. The third-order valence-electron chi connectivity index (χ3n) is 2.11. The van der Waals surface area contributed by atoms with E-state index >= 15 is 0 Å². The minimum absolute atomic E-state index is 0.0515. The average Bonchev–Trinajstić information content (AvgIpc) is 2.20. The fourth-order valence-corrected chi connectivity index (χ4v) is 0.961. The molecule has 0 fully saturated rings. The molecule has 0 bridgehead atoms. The maximum atomic E-state index is 11.1. The van der Waals surface area contributed by atoms with Crippen LogP contribution >= 0.6 is 11.6 Å². The summed E-state index contributed by atoms with van der Waals surface area (Å²) in [5, 5.41) is -0.0515.